The Labute approximate surface area is 272 Å². The summed E-state index contributed by atoms with van der Waals surface area (Å²) in [4.78, 5) is 0. The van der Waals surface area contributed by atoms with Gasteiger partial charge in [0.1, 0.15) is 0 Å². The third-order valence-electron chi connectivity index (χ3n) is 9.83. The van der Waals surface area contributed by atoms with Gasteiger partial charge in [0.15, 0.2) is 0 Å². The number of fused-ring (bicyclic) bond motifs is 4. The first kappa shape index (κ1) is 28.3. The molecule has 0 saturated carbocycles. The van der Waals surface area contributed by atoms with E-state index < -0.39 is 0 Å². The van der Waals surface area contributed by atoms with Gasteiger partial charge in [0.05, 0.1) is 0 Å². The van der Waals surface area contributed by atoms with Gasteiger partial charge in [0.25, 0.3) is 0 Å². The quantitative estimate of drug-likeness (QED) is 0.147. The Morgan fingerprint density at radius 1 is 0.239 bits per heavy atom. The highest BCUT2D eigenvalue weighted by atomic mass is 14.2. The number of hydrogen-bond donors (Lipinski definition) is 0. The maximum atomic E-state index is 2.38. The highest BCUT2D eigenvalue weighted by Crippen LogP contribution is 2.37. The predicted octanol–water partition coefficient (Wildman–Crippen LogP) is 13.0. The predicted molar refractivity (Wildman–Crippen MR) is 200 cm³/mol. The summed E-state index contributed by atoms with van der Waals surface area (Å²) in [6.07, 6.45) is 7.20. The molecule has 46 heavy (non-hydrogen) atoms. The summed E-state index contributed by atoms with van der Waals surface area (Å²) < 4.78 is 0. The average molecular weight is 591 g/mol. The molecule has 0 aliphatic heterocycles. The lowest BCUT2D eigenvalue weighted by molar-refractivity contribution is 0.642. The molecule has 8 aromatic rings. The van der Waals surface area contributed by atoms with Crippen LogP contribution in [0.5, 0.6) is 0 Å². The van der Waals surface area contributed by atoms with Gasteiger partial charge in [-0.1, -0.05) is 171 Å². The topological polar surface area (TPSA) is 0 Å². The van der Waals surface area contributed by atoms with Crippen molar-refractivity contribution in [2.24, 2.45) is 0 Å². The zero-order valence-electron chi connectivity index (χ0n) is 26.3. The summed E-state index contributed by atoms with van der Waals surface area (Å²) in [5.41, 5.74) is 8.23. The number of rotatable bonds is 9. The summed E-state index contributed by atoms with van der Waals surface area (Å²) in [6.45, 7) is 0. The van der Waals surface area contributed by atoms with E-state index in [1.54, 1.807) is 0 Å². The maximum Gasteiger partial charge on any atom is -0.00990 e. The molecule has 222 valence electrons. The molecule has 0 heteroatoms. The van der Waals surface area contributed by atoms with Gasteiger partial charge in [-0.25, -0.2) is 0 Å². The molecule has 0 nitrogen and oxygen atoms in total. The van der Waals surface area contributed by atoms with Crippen LogP contribution in [0.4, 0.5) is 0 Å². The van der Waals surface area contributed by atoms with Gasteiger partial charge in [0, 0.05) is 0 Å². The Balaban J connectivity index is 0.953. The molecule has 0 aliphatic carbocycles. The second-order valence-corrected chi connectivity index (χ2v) is 12.6. The molecule has 0 bridgehead atoms. The van der Waals surface area contributed by atoms with Gasteiger partial charge in [-0.05, 0) is 102 Å². The lowest BCUT2D eigenvalue weighted by Gasteiger charge is -2.14. The van der Waals surface area contributed by atoms with Crippen LogP contribution in [0.1, 0.15) is 36.8 Å². The fraction of sp³-hybridized carbons (Fsp3) is 0.130. The van der Waals surface area contributed by atoms with Gasteiger partial charge in [0.2, 0.25) is 0 Å². The molecule has 8 rings (SSSR count). The highest BCUT2D eigenvalue weighted by molar-refractivity contribution is 6.07. The molecule has 8 aromatic carbocycles. The van der Waals surface area contributed by atoms with E-state index in [-0.39, 0.29) is 0 Å². The molecular formula is C46H38. The van der Waals surface area contributed by atoms with Crippen LogP contribution in [0.3, 0.4) is 0 Å². The van der Waals surface area contributed by atoms with Crippen LogP contribution in [0, 0.1) is 0 Å². The van der Waals surface area contributed by atoms with Crippen LogP contribution in [0.2, 0.25) is 0 Å². The van der Waals surface area contributed by atoms with E-state index in [0.717, 1.165) is 12.8 Å². The van der Waals surface area contributed by atoms with Gasteiger partial charge in [-0.15, -0.1) is 0 Å². The summed E-state index contributed by atoms with van der Waals surface area (Å²) in [6, 6.07) is 58.2. The Kier molecular flexibility index (Phi) is 7.78. The van der Waals surface area contributed by atoms with Crippen LogP contribution in [0.25, 0.3) is 65.3 Å². The van der Waals surface area contributed by atoms with Crippen LogP contribution in [0.15, 0.2) is 158 Å². The standard InChI is InChI=1S/C46H38/c1(3-15-35-29-31-45(41-25-11-9-23-39(35)41)43-27-13-19-33-17-5-7-21-37(33)43)2-4-16-36-30-32-46(42-26-12-10-24-40(36)42)44-28-14-20-34-18-6-8-22-38(34)44/h5-14,17-32H,1-4,15-16H2. The van der Waals surface area contributed by atoms with E-state index in [9.17, 15) is 0 Å². The molecule has 0 radical (unpaired) electrons. The van der Waals surface area contributed by atoms with Gasteiger partial charge in [-0.3, -0.25) is 0 Å². The maximum absolute atomic E-state index is 2.38. The molecule has 0 aliphatic rings. The lowest BCUT2D eigenvalue weighted by atomic mass is 9.90. The fourth-order valence-corrected chi connectivity index (χ4v) is 7.53. The highest BCUT2D eigenvalue weighted by Gasteiger charge is 2.12. The van der Waals surface area contributed by atoms with Crippen LogP contribution < -0.4 is 0 Å². The van der Waals surface area contributed by atoms with Crippen LogP contribution in [-0.2, 0) is 12.8 Å². The Morgan fingerprint density at radius 3 is 1.04 bits per heavy atom. The largest absolute Gasteiger partial charge is 0.0616 e. The van der Waals surface area contributed by atoms with Crippen molar-refractivity contribution in [3.63, 3.8) is 0 Å². The Bertz CT molecular complexity index is 2150. The molecule has 0 unspecified atom stereocenters. The lowest BCUT2D eigenvalue weighted by Crippen LogP contribution is -1.93. The Hall–Kier alpha value is -5.20. The van der Waals surface area contributed by atoms with E-state index >= 15 is 0 Å². The summed E-state index contributed by atoms with van der Waals surface area (Å²) in [7, 11) is 0. The van der Waals surface area contributed by atoms with E-state index in [2.05, 4.69) is 158 Å². The minimum absolute atomic E-state index is 1.12. The normalized spacial score (nSPS) is 11.6. The fourth-order valence-electron chi connectivity index (χ4n) is 7.53. The van der Waals surface area contributed by atoms with Crippen molar-refractivity contribution in [1.82, 2.24) is 0 Å². The smallest absolute Gasteiger partial charge is 0.00990 e. The van der Waals surface area contributed by atoms with E-state index in [0.29, 0.717) is 0 Å². The van der Waals surface area contributed by atoms with Crippen molar-refractivity contribution in [1.29, 1.82) is 0 Å². The van der Waals surface area contributed by atoms with Gasteiger partial charge >= 0.3 is 0 Å². The minimum atomic E-state index is 1.12. The third kappa shape index (κ3) is 5.35. The van der Waals surface area contributed by atoms with Crippen molar-refractivity contribution >= 4 is 43.1 Å². The molecule has 0 aromatic heterocycles. The SMILES string of the molecule is c1ccc2c(-c3ccc(CCCCCCc4ccc(-c5cccc6ccccc56)c5ccccc45)c4ccccc34)cccc2c1. The zero-order valence-corrected chi connectivity index (χ0v) is 26.3. The van der Waals surface area contributed by atoms with Crippen LogP contribution >= 0.6 is 0 Å². The van der Waals surface area contributed by atoms with Gasteiger partial charge in [-0.2, -0.15) is 0 Å². The number of aryl methyl sites for hydroxylation is 2. The third-order valence-corrected chi connectivity index (χ3v) is 9.83. The molecule has 0 atom stereocenters. The number of unbranched alkanes of at least 4 members (excludes halogenated alkanes) is 3. The molecule has 0 heterocycles. The monoisotopic (exact) mass is 590 g/mol. The Morgan fingerprint density at radius 2 is 0.587 bits per heavy atom. The molecule has 0 fully saturated rings. The first-order valence-electron chi connectivity index (χ1n) is 16.8. The summed E-state index contributed by atoms with van der Waals surface area (Å²) in [5, 5.41) is 10.7. The van der Waals surface area contributed by atoms with E-state index in [1.807, 2.05) is 0 Å². The van der Waals surface area contributed by atoms with Crippen molar-refractivity contribution in [3.8, 4) is 22.3 Å². The summed E-state index contributed by atoms with van der Waals surface area (Å²) in [5.74, 6) is 0. The molecule has 0 amide bonds. The van der Waals surface area contributed by atoms with Crippen molar-refractivity contribution < 1.29 is 0 Å². The zero-order chi connectivity index (χ0) is 30.7. The van der Waals surface area contributed by atoms with Crippen molar-refractivity contribution in [2.75, 3.05) is 0 Å². The number of benzene rings is 8. The van der Waals surface area contributed by atoms with Crippen molar-refractivity contribution in [2.45, 2.75) is 38.5 Å². The number of hydrogen-bond acceptors (Lipinski definition) is 0. The van der Waals surface area contributed by atoms with E-state index in [4.69, 9.17) is 0 Å². The first-order valence-corrected chi connectivity index (χ1v) is 16.8. The second kappa shape index (κ2) is 12.7. The summed E-state index contributed by atoms with van der Waals surface area (Å²) >= 11 is 0. The molecular weight excluding hydrogens is 553 g/mol. The van der Waals surface area contributed by atoms with Crippen molar-refractivity contribution in [3.05, 3.63) is 169 Å². The second-order valence-electron chi connectivity index (χ2n) is 12.6. The average Bonchev–Trinajstić information content (AvgIpc) is 3.12. The first-order chi connectivity index (χ1) is 22.8. The minimum Gasteiger partial charge on any atom is -0.0616 e. The molecule has 0 spiro atoms. The van der Waals surface area contributed by atoms with Crippen LogP contribution in [-0.4, -0.2) is 0 Å². The molecule has 0 saturated heterocycles. The molecule has 0 N–H and O–H groups in total. The van der Waals surface area contributed by atoms with E-state index in [1.165, 1.54) is 102 Å². The van der Waals surface area contributed by atoms with Gasteiger partial charge < -0.3 is 0 Å².